The molecular formula is C30H33ClN2O4. The third-order valence-electron chi connectivity index (χ3n) is 6.74. The van der Waals surface area contributed by atoms with Crippen molar-refractivity contribution in [3.05, 3.63) is 88.1 Å². The Bertz CT molecular complexity index is 1290. The van der Waals surface area contributed by atoms with Crippen LogP contribution in [0.4, 0.5) is 0 Å². The first-order valence-corrected chi connectivity index (χ1v) is 12.8. The SMILES string of the molecule is COc1ccc(CN2C(=O)CCC2/C=C(\c2ccc(C(C)C)cc2)c2ccc(Cl)c(OC)n2)c(OC)c1. The van der Waals surface area contributed by atoms with Gasteiger partial charge in [-0.25, -0.2) is 4.98 Å². The molecule has 1 aliphatic rings. The van der Waals surface area contributed by atoms with Crippen LogP contribution in [-0.4, -0.2) is 43.2 Å². The Labute approximate surface area is 223 Å². The molecule has 1 atom stereocenters. The van der Waals surface area contributed by atoms with E-state index in [2.05, 4.69) is 49.2 Å². The number of hydrogen-bond acceptors (Lipinski definition) is 5. The number of methoxy groups -OCH3 is 3. The van der Waals surface area contributed by atoms with Crippen LogP contribution in [0.25, 0.3) is 5.57 Å². The van der Waals surface area contributed by atoms with E-state index in [1.165, 1.54) is 5.56 Å². The van der Waals surface area contributed by atoms with Crippen molar-refractivity contribution >= 4 is 23.1 Å². The average Bonchev–Trinajstić information content (AvgIpc) is 3.26. The second-order valence-electron chi connectivity index (χ2n) is 9.35. The Hall–Kier alpha value is -3.51. The second-order valence-corrected chi connectivity index (χ2v) is 9.76. The van der Waals surface area contributed by atoms with Gasteiger partial charge in [0.2, 0.25) is 11.8 Å². The van der Waals surface area contributed by atoms with Crippen LogP contribution in [0.15, 0.2) is 60.7 Å². The van der Waals surface area contributed by atoms with Gasteiger partial charge in [-0.1, -0.05) is 55.8 Å². The number of halogens is 1. The molecule has 1 aromatic heterocycles. The molecule has 0 aliphatic carbocycles. The number of hydrogen-bond donors (Lipinski definition) is 0. The molecule has 3 aromatic rings. The lowest BCUT2D eigenvalue weighted by molar-refractivity contribution is -0.129. The number of carbonyl (C=O) groups excluding carboxylic acids is 1. The van der Waals surface area contributed by atoms with Gasteiger partial charge in [0, 0.05) is 30.2 Å². The van der Waals surface area contributed by atoms with Crippen LogP contribution in [0, 0.1) is 0 Å². The molecule has 0 bridgehead atoms. The zero-order valence-corrected chi connectivity index (χ0v) is 22.7. The molecule has 4 rings (SSSR count). The molecule has 0 spiro atoms. The van der Waals surface area contributed by atoms with Crippen molar-refractivity contribution < 1.29 is 19.0 Å². The van der Waals surface area contributed by atoms with Crippen LogP contribution in [0.2, 0.25) is 5.02 Å². The van der Waals surface area contributed by atoms with Crippen LogP contribution >= 0.6 is 11.6 Å². The maximum absolute atomic E-state index is 13.0. The van der Waals surface area contributed by atoms with Crippen molar-refractivity contribution in [3.63, 3.8) is 0 Å². The highest BCUT2D eigenvalue weighted by Gasteiger charge is 2.31. The molecule has 2 aromatic carbocycles. The van der Waals surface area contributed by atoms with Gasteiger partial charge in [0.25, 0.3) is 0 Å². The summed E-state index contributed by atoms with van der Waals surface area (Å²) in [6, 6.07) is 17.7. The summed E-state index contributed by atoms with van der Waals surface area (Å²) in [5.41, 5.74) is 4.86. The average molecular weight is 521 g/mol. The van der Waals surface area contributed by atoms with Crippen LogP contribution in [-0.2, 0) is 11.3 Å². The first kappa shape index (κ1) is 26.6. The van der Waals surface area contributed by atoms with Gasteiger partial charge in [-0.3, -0.25) is 4.79 Å². The minimum atomic E-state index is -0.109. The number of benzene rings is 2. The summed E-state index contributed by atoms with van der Waals surface area (Å²) in [4.78, 5) is 19.6. The molecule has 7 heteroatoms. The Balaban J connectivity index is 1.75. The van der Waals surface area contributed by atoms with Crippen molar-refractivity contribution in [1.82, 2.24) is 9.88 Å². The number of ether oxygens (including phenoxy) is 3. The van der Waals surface area contributed by atoms with E-state index < -0.39 is 0 Å². The van der Waals surface area contributed by atoms with E-state index in [0.29, 0.717) is 41.3 Å². The molecule has 1 aliphatic heterocycles. The fraction of sp³-hybridized carbons (Fsp3) is 0.333. The number of carbonyl (C=O) groups is 1. The molecule has 0 N–H and O–H groups in total. The molecule has 0 saturated carbocycles. The maximum atomic E-state index is 13.0. The highest BCUT2D eigenvalue weighted by atomic mass is 35.5. The number of aromatic nitrogens is 1. The maximum Gasteiger partial charge on any atom is 0.232 e. The van der Waals surface area contributed by atoms with Gasteiger partial charge >= 0.3 is 0 Å². The largest absolute Gasteiger partial charge is 0.497 e. The number of likely N-dealkylation sites (tertiary alicyclic amines) is 1. The minimum Gasteiger partial charge on any atom is -0.497 e. The van der Waals surface area contributed by atoms with Gasteiger partial charge in [-0.05, 0) is 47.7 Å². The lowest BCUT2D eigenvalue weighted by atomic mass is 9.95. The summed E-state index contributed by atoms with van der Waals surface area (Å²) in [6.07, 6.45) is 3.34. The van der Waals surface area contributed by atoms with Crippen molar-refractivity contribution in [3.8, 4) is 17.4 Å². The van der Waals surface area contributed by atoms with Gasteiger partial charge in [-0.15, -0.1) is 0 Å². The van der Waals surface area contributed by atoms with Crippen LogP contribution in [0.3, 0.4) is 0 Å². The van der Waals surface area contributed by atoms with E-state index in [4.69, 9.17) is 25.8 Å². The van der Waals surface area contributed by atoms with E-state index >= 15 is 0 Å². The summed E-state index contributed by atoms with van der Waals surface area (Å²) >= 11 is 6.28. The third kappa shape index (κ3) is 5.91. The fourth-order valence-corrected chi connectivity index (χ4v) is 4.77. The summed E-state index contributed by atoms with van der Waals surface area (Å²) < 4.78 is 16.3. The molecular weight excluding hydrogens is 488 g/mol. The lowest BCUT2D eigenvalue weighted by Gasteiger charge is -2.25. The highest BCUT2D eigenvalue weighted by molar-refractivity contribution is 6.31. The monoisotopic (exact) mass is 520 g/mol. The molecule has 1 unspecified atom stereocenters. The standard InChI is InChI=1S/C30H33ClN2O4/c1-19(2)20-6-8-21(9-7-20)25(27-14-13-26(31)30(32-27)37-5)16-23-11-15-29(34)33(23)18-22-10-12-24(35-3)17-28(22)36-4/h6-10,12-14,16-17,19,23H,11,15,18H2,1-5H3/b25-16+. The van der Waals surface area contributed by atoms with Gasteiger partial charge < -0.3 is 19.1 Å². The topological polar surface area (TPSA) is 60.9 Å². The smallest absolute Gasteiger partial charge is 0.232 e. The predicted molar refractivity (Wildman–Crippen MR) is 147 cm³/mol. The van der Waals surface area contributed by atoms with Crippen molar-refractivity contribution in [2.24, 2.45) is 0 Å². The first-order valence-electron chi connectivity index (χ1n) is 12.4. The van der Waals surface area contributed by atoms with E-state index in [1.807, 2.05) is 29.2 Å². The number of amides is 1. The molecule has 2 heterocycles. The van der Waals surface area contributed by atoms with Gasteiger partial charge in [-0.2, -0.15) is 0 Å². The Kier molecular flexibility index (Phi) is 8.39. The molecule has 0 radical (unpaired) electrons. The third-order valence-corrected chi connectivity index (χ3v) is 7.03. The Morgan fingerprint density at radius 2 is 1.81 bits per heavy atom. The zero-order valence-electron chi connectivity index (χ0n) is 22.0. The quantitative estimate of drug-likeness (QED) is 0.322. The molecule has 1 amide bonds. The van der Waals surface area contributed by atoms with Gasteiger partial charge in [0.05, 0.1) is 33.1 Å². The highest BCUT2D eigenvalue weighted by Crippen LogP contribution is 2.34. The van der Waals surface area contributed by atoms with E-state index in [-0.39, 0.29) is 11.9 Å². The molecule has 194 valence electrons. The fourth-order valence-electron chi connectivity index (χ4n) is 4.59. The Morgan fingerprint density at radius 1 is 1.05 bits per heavy atom. The summed E-state index contributed by atoms with van der Waals surface area (Å²) in [5.74, 6) is 2.30. The number of nitrogens with zero attached hydrogens (tertiary/aromatic N) is 2. The van der Waals surface area contributed by atoms with Gasteiger partial charge in [0.15, 0.2) is 0 Å². The van der Waals surface area contributed by atoms with Crippen LogP contribution in [0.1, 0.15) is 55.0 Å². The van der Waals surface area contributed by atoms with Gasteiger partial charge in [0.1, 0.15) is 16.5 Å². The second kappa shape index (κ2) is 11.7. The normalized spacial score (nSPS) is 15.9. The van der Waals surface area contributed by atoms with Crippen molar-refractivity contribution in [1.29, 1.82) is 0 Å². The Morgan fingerprint density at radius 3 is 2.46 bits per heavy atom. The van der Waals surface area contributed by atoms with Crippen molar-refractivity contribution in [2.75, 3.05) is 21.3 Å². The summed E-state index contributed by atoms with van der Waals surface area (Å²) in [5, 5.41) is 0.449. The van der Waals surface area contributed by atoms with Crippen molar-refractivity contribution in [2.45, 2.75) is 45.2 Å². The first-order chi connectivity index (χ1) is 17.8. The van der Waals surface area contributed by atoms with E-state index in [1.54, 1.807) is 27.4 Å². The summed E-state index contributed by atoms with van der Waals surface area (Å²) in [6.45, 7) is 4.78. The zero-order chi connectivity index (χ0) is 26.5. The predicted octanol–water partition coefficient (Wildman–Crippen LogP) is 6.51. The van der Waals surface area contributed by atoms with Crippen LogP contribution < -0.4 is 14.2 Å². The minimum absolute atomic E-state index is 0.107. The molecule has 1 fully saturated rings. The number of rotatable bonds is 9. The lowest BCUT2D eigenvalue weighted by Crippen LogP contribution is -2.31. The van der Waals surface area contributed by atoms with E-state index in [0.717, 1.165) is 28.8 Å². The molecule has 6 nitrogen and oxygen atoms in total. The van der Waals surface area contributed by atoms with E-state index in [9.17, 15) is 4.79 Å². The molecule has 37 heavy (non-hydrogen) atoms. The molecule has 1 saturated heterocycles. The summed E-state index contributed by atoms with van der Waals surface area (Å²) in [7, 11) is 4.80. The van der Waals surface area contributed by atoms with Crippen LogP contribution in [0.5, 0.6) is 17.4 Å². The number of pyridine rings is 1.